The van der Waals surface area contributed by atoms with E-state index in [1.54, 1.807) is 14.2 Å². The number of carbonyl (C=O) groups excluding carboxylic acids is 1. The second-order valence-electron chi connectivity index (χ2n) is 7.82. The van der Waals surface area contributed by atoms with Crippen LogP contribution < -0.4 is 14.8 Å². The van der Waals surface area contributed by atoms with Crippen LogP contribution in [0.1, 0.15) is 49.0 Å². The third kappa shape index (κ3) is 4.90. The monoisotopic (exact) mass is 417 g/mol. The SMILES string of the molecule is COc1ccc(-c2nc(C(=O)NCC3(N(C)C)CCCCCC3)cs2)cc1OC. The van der Waals surface area contributed by atoms with Crippen molar-refractivity contribution in [3.8, 4) is 22.1 Å². The zero-order valence-corrected chi connectivity index (χ0v) is 18.6. The molecular weight excluding hydrogens is 386 g/mol. The lowest BCUT2D eigenvalue weighted by Crippen LogP contribution is -2.52. The van der Waals surface area contributed by atoms with Crippen molar-refractivity contribution in [1.29, 1.82) is 0 Å². The van der Waals surface area contributed by atoms with E-state index in [0.29, 0.717) is 23.7 Å². The third-order valence-electron chi connectivity index (χ3n) is 5.93. The van der Waals surface area contributed by atoms with E-state index >= 15 is 0 Å². The number of hydrogen-bond acceptors (Lipinski definition) is 6. The van der Waals surface area contributed by atoms with E-state index in [1.165, 1.54) is 37.0 Å². The van der Waals surface area contributed by atoms with Gasteiger partial charge in [-0.25, -0.2) is 4.98 Å². The number of hydrogen-bond donors (Lipinski definition) is 1. The molecule has 3 rings (SSSR count). The van der Waals surface area contributed by atoms with Gasteiger partial charge in [0.25, 0.3) is 5.91 Å². The normalized spacial score (nSPS) is 16.3. The van der Waals surface area contributed by atoms with Crippen LogP contribution in [-0.4, -0.2) is 56.2 Å². The Hall–Kier alpha value is -2.12. The molecule has 1 N–H and O–H groups in total. The highest BCUT2D eigenvalue weighted by Gasteiger charge is 2.33. The zero-order chi connectivity index (χ0) is 20.9. The second kappa shape index (κ2) is 9.59. The smallest absolute Gasteiger partial charge is 0.270 e. The molecule has 158 valence electrons. The maximum Gasteiger partial charge on any atom is 0.270 e. The van der Waals surface area contributed by atoms with Crippen LogP contribution in [0.2, 0.25) is 0 Å². The first-order valence-electron chi connectivity index (χ1n) is 10.1. The molecule has 1 aliphatic rings. The average molecular weight is 418 g/mol. The number of methoxy groups -OCH3 is 2. The summed E-state index contributed by atoms with van der Waals surface area (Å²) in [5.41, 5.74) is 1.40. The molecule has 1 aromatic carbocycles. The molecule has 29 heavy (non-hydrogen) atoms. The number of amides is 1. The number of carbonyl (C=O) groups is 1. The summed E-state index contributed by atoms with van der Waals surface area (Å²) < 4.78 is 10.7. The van der Waals surface area contributed by atoms with E-state index < -0.39 is 0 Å². The molecule has 0 bridgehead atoms. The van der Waals surface area contributed by atoms with Crippen molar-refractivity contribution < 1.29 is 14.3 Å². The molecule has 0 spiro atoms. The summed E-state index contributed by atoms with van der Waals surface area (Å²) in [4.78, 5) is 19.6. The molecular formula is C22H31N3O3S. The molecule has 0 unspecified atom stereocenters. The van der Waals surface area contributed by atoms with Crippen LogP contribution in [0.3, 0.4) is 0 Å². The Morgan fingerprint density at radius 2 is 1.83 bits per heavy atom. The molecule has 2 aromatic rings. The fourth-order valence-electron chi connectivity index (χ4n) is 3.98. The van der Waals surface area contributed by atoms with Crippen LogP contribution in [-0.2, 0) is 0 Å². The van der Waals surface area contributed by atoms with Crippen molar-refractivity contribution in [3.05, 3.63) is 29.3 Å². The number of thiazole rings is 1. The molecule has 1 fully saturated rings. The predicted octanol–water partition coefficient (Wildman–Crippen LogP) is 4.21. The molecule has 1 heterocycles. The van der Waals surface area contributed by atoms with Crippen molar-refractivity contribution in [1.82, 2.24) is 15.2 Å². The number of benzene rings is 1. The lowest BCUT2D eigenvalue weighted by atomic mass is 9.88. The zero-order valence-electron chi connectivity index (χ0n) is 17.8. The van der Waals surface area contributed by atoms with Gasteiger partial charge in [-0.05, 0) is 45.1 Å². The molecule has 0 radical (unpaired) electrons. The van der Waals surface area contributed by atoms with Gasteiger partial charge in [0.2, 0.25) is 0 Å². The van der Waals surface area contributed by atoms with Crippen LogP contribution in [0.5, 0.6) is 11.5 Å². The molecule has 0 atom stereocenters. The summed E-state index contributed by atoms with van der Waals surface area (Å²) in [6.45, 7) is 0.655. The quantitative estimate of drug-likeness (QED) is 0.684. The maximum atomic E-state index is 12.8. The van der Waals surface area contributed by atoms with Crippen molar-refractivity contribution >= 4 is 17.2 Å². The number of ether oxygens (including phenoxy) is 2. The summed E-state index contributed by atoms with van der Waals surface area (Å²) in [6.07, 6.45) is 7.24. The highest BCUT2D eigenvalue weighted by atomic mass is 32.1. The Labute approximate surface area is 177 Å². The molecule has 7 heteroatoms. The second-order valence-corrected chi connectivity index (χ2v) is 8.68. The number of likely N-dealkylation sites (N-methyl/N-ethyl adjacent to an activating group) is 1. The minimum absolute atomic E-state index is 0.0361. The van der Waals surface area contributed by atoms with E-state index in [4.69, 9.17) is 9.47 Å². The van der Waals surface area contributed by atoms with Crippen molar-refractivity contribution in [3.63, 3.8) is 0 Å². The third-order valence-corrected chi connectivity index (χ3v) is 6.82. The summed E-state index contributed by atoms with van der Waals surface area (Å²) in [5.74, 6) is 1.20. The molecule has 1 aromatic heterocycles. The van der Waals surface area contributed by atoms with Crippen LogP contribution >= 0.6 is 11.3 Å². The maximum absolute atomic E-state index is 12.8. The molecule has 6 nitrogen and oxygen atoms in total. The fraction of sp³-hybridized carbons (Fsp3) is 0.545. The van der Waals surface area contributed by atoms with Gasteiger partial charge in [-0.1, -0.05) is 25.7 Å². The van der Waals surface area contributed by atoms with Gasteiger partial charge in [0.15, 0.2) is 11.5 Å². The van der Waals surface area contributed by atoms with E-state index in [9.17, 15) is 4.79 Å². The Bertz CT molecular complexity index is 826. The van der Waals surface area contributed by atoms with Gasteiger partial charge in [-0.2, -0.15) is 0 Å². The first-order valence-corrected chi connectivity index (χ1v) is 11.0. The fourth-order valence-corrected chi connectivity index (χ4v) is 4.78. The minimum Gasteiger partial charge on any atom is -0.493 e. The Morgan fingerprint density at radius 3 is 2.45 bits per heavy atom. The number of rotatable bonds is 7. The van der Waals surface area contributed by atoms with Gasteiger partial charge in [0, 0.05) is 23.0 Å². The minimum atomic E-state index is -0.113. The Balaban J connectivity index is 1.70. The summed E-state index contributed by atoms with van der Waals surface area (Å²) in [5, 5.41) is 5.74. The van der Waals surface area contributed by atoms with E-state index in [2.05, 4.69) is 29.3 Å². The predicted molar refractivity (Wildman–Crippen MR) is 117 cm³/mol. The Kier molecular flexibility index (Phi) is 7.14. The summed E-state index contributed by atoms with van der Waals surface area (Å²) in [7, 11) is 7.46. The van der Waals surface area contributed by atoms with Crippen LogP contribution in [0, 0.1) is 0 Å². The van der Waals surface area contributed by atoms with Crippen molar-refractivity contribution in [2.45, 2.75) is 44.1 Å². The Morgan fingerprint density at radius 1 is 1.14 bits per heavy atom. The van der Waals surface area contributed by atoms with Gasteiger partial charge < -0.3 is 19.7 Å². The molecule has 0 aliphatic heterocycles. The van der Waals surface area contributed by atoms with Crippen LogP contribution in [0.4, 0.5) is 0 Å². The summed E-state index contributed by atoms with van der Waals surface area (Å²) >= 11 is 1.46. The van der Waals surface area contributed by atoms with Crippen LogP contribution in [0.15, 0.2) is 23.6 Å². The van der Waals surface area contributed by atoms with Gasteiger partial charge in [-0.15, -0.1) is 11.3 Å². The van der Waals surface area contributed by atoms with Crippen molar-refractivity contribution in [2.75, 3.05) is 34.9 Å². The first kappa shape index (κ1) is 21.6. The van der Waals surface area contributed by atoms with E-state index in [0.717, 1.165) is 23.4 Å². The lowest BCUT2D eigenvalue weighted by Gasteiger charge is -2.39. The molecule has 1 aliphatic carbocycles. The molecule has 1 amide bonds. The lowest BCUT2D eigenvalue weighted by molar-refractivity contribution is 0.0865. The highest BCUT2D eigenvalue weighted by molar-refractivity contribution is 7.13. The topological polar surface area (TPSA) is 63.7 Å². The van der Waals surface area contributed by atoms with Gasteiger partial charge >= 0.3 is 0 Å². The van der Waals surface area contributed by atoms with Gasteiger partial charge in [0.1, 0.15) is 10.7 Å². The molecule has 0 saturated heterocycles. The molecule has 1 saturated carbocycles. The van der Waals surface area contributed by atoms with Gasteiger partial charge in [0.05, 0.1) is 14.2 Å². The number of nitrogens with zero attached hydrogens (tertiary/aromatic N) is 2. The first-order chi connectivity index (χ1) is 14.0. The van der Waals surface area contributed by atoms with Crippen LogP contribution in [0.25, 0.3) is 10.6 Å². The largest absolute Gasteiger partial charge is 0.493 e. The highest BCUT2D eigenvalue weighted by Crippen LogP contribution is 2.34. The van der Waals surface area contributed by atoms with E-state index in [-0.39, 0.29) is 11.4 Å². The van der Waals surface area contributed by atoms with Crippen molar-refractivity contribution in [2.24, 2.45) is 0 Å². The van der Waals surface area contributed by atoms with E-state index in [1.807, 2.05) is 23.6 Å². The average Bonchev–Trinajstić information content (AvgIpc) is 3.10. The number of aromatic nitrogens is 1. The summed E-state index contributed by atoms with van der Waals surface area (Å²) in [6, 6.07) is 5.66. The number of nitrogens with one attached hydrogen (secondary N) is 1. The standard InChI is InChI=1S/C22H31N3O3S/c1-25(2)22(11-7-5-6-8-12-22)15-23-20(26)17-14-29-21(24-17)16-9-10-18(27-3)19(13-16)28-4/h9-10,13-14H,5-8,11-12,15H2,1-4H3,(H,23,26). The van der Waals surface area contributed by atoms with Gasteiger partial charge in [-0.3, -0.25) is 4.79 Å².